The first-order chi connectivity index (χ1) is 15.9. The van der Waals surface area contributed by atoms with Crippen LogP contribution in [0.4, 0.5) is 13.2 Å². The number of carbonyl (C=O) groups excluding carboxylic acids is 1. The van der Waals surface area contributed by atoms with Crippen LogP contribution in [0.1, 0.15) is 22.7 Å². The zero-order valence-corrected chi connectivity index (χ0v) is 19.8. The van der Waals surface area contributed by atoms with Gasteiger partial charge in [-0.05, 0) is 60.0 Å². The molecule has 0 fully saturated rings. The third-order valence-corrected chi connectivity index (χ3v) is 7.57. The van der Waals surface area contributed by atoms with Gasteiger partial charge < -0.3 is 5.73 Å². The number of alkyl halides is 3. The molecule has 0 aromatic heterocycles. The van der Waals surface area contributed by atoms with Crippen LogP contribution in [0, 0.1) is 0 Å². The lowest BCUT2D eigenvalue weighted by atomic mass is 10.0. The van der Waals surface area contributed by atoms with E-state index in [2.05, 4.69) is 0 Å². The van der Waals surface area contributed by atoms with E-state index in [9.17, 15) is 26.4 Å². The Bertz CT molecular complexity index is 1270. The largest absolute Gasteiger partial charge is 0.416 e. The second-order valence-electron chi connectivity index (χ2n) is 7.34. The molecular formula is C23H19Cl2F3N2O3S. The summed E-state index contributed by atoms with van der Waals surface area (Å²) in [6.07, 6.45) is -4.81. The van der Waals surface area contributed by atoms with Gasteiger partial charge in [-0.25, -0.2) is 8.42 Å². The van der Waals surface area contributed by atoms with E-state index in [4.69, 9.17) is 28.9 Å². The fourth-order valence-corrected chi connectivity index (χ4v) is 5.33. The molecule has 3 aromatic rings. The van der Waals surface area contributed by atoms with E-state index in [0.717, 1.165) is 22.5 Å². The molecule has 180 valence electrons. The molecule has 0 aliphatic heterocycles. The second-order valence-corrected chi connectivity index (χ2v) is 10.1. The minimum atomic E-state index is -4.60. The van der Waals surface area contributed by atoms with E-state index in [1.807, 2.05) is 0 Å². The van der Waals surface area contributed by atoms with Gasteiger partial charge in [-0.2, -0.15) is 17.5 Å². The summed E-state index contributed by atoms with van der Waals surface area (Å²) in [5.41, 5.74) is 5.07. The number of amides is 1. The van der Waals surface area contributed by atoms with E-state index >= 15 is 0 Å². The molecule has 0 heterocycles. The molecule has 0 aliphatic rings. The van der Waals surface area contributed by atoms with Gasteiger partial charge in [0.15, 0.2) is 0 Å². The third-order valence-electron chi connectivity index (χ3n) is 5.07. The van der Waals surface area contributed by atoms with Gasteiger partial charge in [-0.15, -0.1) is 0 Å². The molecule has 5 nitrogen and oxygen atoms in total. The number of halogens is 5. The van der Waals surface area contributed by atoms with Crippen LogP contribution in [0.2, 0.25) is 10.0 Å². The maximum atomic E-state index is 13.6. The normalized spacial score (nSPS) is 13.1. The molecule has 0 spiro atoms. The van der Waals surface area contributed by atoms with Gasteiger partial charge in [0.05, 0.1) is 10.5 Å². The zero-order valence-electron chi connectivity index (χ0n) is 17.5. The Hall–Kier alpha value is -2.59. The summed E-state index contributed by atoms with van der Waals surface area (Å²) < 4.78 is 67.5. The number of sulfonamides is 1. The number of nitrogens with two attached hydrogens (primary N) is 1. The SMILES string of the molecule is NC(=O)C(c1ccccc1)N(CCc1cc(C(F)(F)F)ccc1Cl)S(=O)(=O)c1ccc(Cl)cc1. The van der Waals surface area contributed by atoms with Crippen LogP contribution in [0.15, 0.2) is 77.7 Å². The summed E-state index contributed by atoms with van der Waals surface area (Å²) in [6.45, 7) is -0.367. The van der Waals surface area contributed by atoms with Crippen molar-refractivity contribution in [2.24, 2.45) is 5.73 Å². The highest BCUT2D eigenvalue weighted by atomic mass is 35.5. The van der Waals surface area contributed by atoms with Crippen molar-refractivity contribution in [2.75, 3.05) is 6.54 Å². The summed E-state index contributed by atoms with van der Waals surface area (Å²) in [4.78, 5) is 12.3. The zero-order chi connectivity index (χ0) is 25.1. The van der Waals surface area contributed by atoms with Crippen molar-refractivity contribution in [1.29, 1.82) is 0 Å². The van der Waals surface area contributed by atoms with Crippen LogP contribution in [0.3, 0.4) is 0 Å². The van der Waals surface area contributed by atoms with Crippen molar-refractivity contribution in [2.45, 2.75) is 23.5 Å². The highest BCUT2D eigenvalue weighted by Crippen LogP contribution is 2.33. The molecule has 3 aromatic carbocycles. The maximum Gasteiger partial charge on any atom is 0.416 e. The van der Waals surface area contributed by atoms with Crippen molar-refractivity contribution in [3.05, 3.63) is 99.5 Å². The van der Waals surface area contributed by atoms with E-state index in [1.54, 1.807) is 18.2 Å². The third kappa shape index (κ3) is 5.90. The Balaban J connectivity index is 2.07. The molecule has 0 radical (unpaired) electrons. The molecule has 3 rings (SSSR count). The van der Waals surface area contributed by atoms with Crippen LogP contribution in [-0.2, 0) is 27.4 Å². The van der Waals surface area contributed by atoms with Gasteiger partial charge in [-0.1, -0.05) is 53.5 Å². The highest BCUT2D eigenvalue weighted by Gasteiger charge is 2.36. The van der Waals surface area contributed by atoms with Gasteiger partial charge in [0, 0.05) is 16.6 Å². The Morgan fingerprint density at radius 2 is 1.59 bits per heavy atom. The number of carbonyl (C=O) groups is 1. The van der Waals surface area contributed by atoms with Gasteiger partial charge in [0.2, 0.25) is 15.9 Å². The first-order valence-electron chi connectivity index (χ1n) is 9.88. The van der Waals surface area contributed by atoms with Gasteiger partial charge in [0.25, 0.3) is 0 Å². The van der Waals surface area contributed by atoms with Crippen molar-refractivity contribution in [3.63, 3.8) is 0 Å². The van der Waals surface area contributed by atoms with Gasteiger partial charge >= 0.3 is 6.18 Å². The number of hydrogen-bond donors (Lipinski definition) is 1. The van der Waals surface area contributed by atoms with Crippen molar-refractivity contribution in [3.8, 4) is 0 Å². The highest BCUT2D eigenvalue weighted by molar-refractivity contribution is 7.89. The van der Waals surface area contributed by atoms with E-state index < -0.39 is 33.7 Å². The second kappa shape index (κ2) is 10.4. The summed E-state index contributed by atoms with van der Waals surface area (Å²) in [5, 5.41) is 0.336. The fraction of sp³-hybridized carbons (Fsp3) is 0.174. The summed E-state index contributed by atoms with van der Waals surface area (Å²) in [7, 11) is -4.32. The molecular weight excluding hydrogens is 512 g/mol. The van der Waals surface area contributed by atoms with Crippen molar-refractivity contribution in [1.82, 2.24) is 4.31 Å². The molecule has 0 bridgehead atoms. The Kier molecular flexibility index (Phi) is 7.92. The Labute approximate surface area is 204 Å². The molecule has 2 N–H and O–H groups in total. The van der Waals surface area contributed by atoms with Gasteiger partial charge in [-0.3, -0.25) is 4.79 Å². The molecule has 0 saturated carbocycles. The van der Waals surface area contributed by atoms with E-state index in [0.29, 0.717) is 10.6 Å². The molecule has 1 amide bonds. The molecule has 34 heavy (non-hydrogen) atoms. The molecule has 1 atom stereocenters. The lowest BCUT2D eigenvalue weighted by molar-refractivity contribution is -0.137. The first kappa shape index (κ1) is 26.0. The van der Waals surface area contributed by atoms with E-state index in [-0.39, 0.29) is 28.4 Å². The Morgan fingerprint density at radius 3 is 2.15 bits per heavy atom. The summed E-state index contributed by atoms with van der Waals surface area (Å²) in [6, 6.07) is 14.7. The lowest BCUT2D eigenvalue weighted by Crippen LogP contribution is -2.42. The number of rotatable bonds is 8. The molecule has 0 saturated heterocycles. The smallest absolute Gasteiger partial charge is 0.368 e. The van der Waals surface area contributed by atoms with Crippen molar-refractivity contribution >= 4 is 39.1 Å². The fourth-order valence-electron chi connectivity index (χ4n) is 3.41. The van der Waals surface area contributed by atoms with Crippen molar-refractivity contribution < 1.29 is 26.4 Å². The van der Waals surface area contributed by atoms with E-state index in [1.165, 1.54) is 36.4 Å². The number of benzene rings is 3. The predicted molar refractivity (Wildman–Crippen MR) is 124 cm³/mol. The average Bonchev–Trinajstić information content (AvgIpc) is 2.77. The number of primary amides is 1. The minimum Gasteiger partial charge on any atom is -0.368 e. The first-order valence-corrected chi connectivity index (χ1v) is 12.1. The maximum absolute atomic E-state index is 13.6. The topological polar surface area (TPSA) is 80.5 Å². The molecule has 0 aliphatic carbocycles. The van der Waals surface area contributed by atoms with Crippen LogP contribution >= 0.6 is 23.2 Å². The van der Waals surface area contributed by atoms with Crippen LogP contribution in [-0.4, -0.2) is 25.2 Å². The van der Waals surface area contributed by atoms with Crippen LogP contribution in [0.5, 0.6) is 0 Å². The van der Waals surface area contributed by atoms with Crippen LogP contribution in [0.25, 0.3) is 0 Å². The average molecular weight is 531 g/mol. The molecule has 1 unspecified atom stereocenters. The lowest BCUT2D eigenvalue weighted by Gasteiger charge is -2.29. The quantitative estimate of drug-likeness (QED) is 0.419. The Morgan fingerprint density at radius 1 is 0.971 bits per heavy atom. The standard InChI is InChI=1S/C23H19Cl2F3N2O3S/c24-18-7-9-19(10-8-18)34(32,33)30(21(22(29)31)15-4-2-1-3-5-15)13-12-16-14-17(23(26,27)28)6-11-20(16)25/h1-11,14,21H,12-13H2,(H2,29,31). The van der Waals surface area contributed by atoms with Gasteiger partial charge in [0.1, 0.15) is 6.04 Å². The predicted octanol–water partition coefficient (Wildman–Crippen LogP) is 5.47. The monoisotopic (exact) mass is 530 g/mol. The number of nitrogens with zero attached hydrogens (tertiary/aromatic N) is 1. The summed E-state index contributed by atoms with van der Waals surface area (Å²) in [5.74, 6) is -0.945. The minimum absolute atomic E-state index is 0.0344. The molecule has 11 heteroatoms. The summed E-state index contributed by atoms with van der Waals surface area (Å²) >= 11 is 12.0. The van der Waals surface area contributed by atoms with Crippen LogP contribution < -0.4 is 5.73 Å². The number of hydrogen-bond acceptors (Lipinski definition) is 3.